The van der Waals surface area contributed by atoms with Crippen LogP contribution in [-0.2, 0) is 14.3 Å². The largest absolute Gasteiger partial charge is 0.466 e. The summed E-state index contributed by atoms with van der Waals surface area (Å²) >= 11 is 1.30. The van der Waals surface area contributed by atoms with Crippen molar-refractivity contribution in [3.8, 4) is 0 Å². The van der Waals surface area contributed by atoms with E-state index < -0.39 is 0 Å². The Balaban J connectivity index is 2.35. The van der Waals surface area contributed by atoms with Crippen LogP contribution in [0.1, 0.15) is 31.2 Å². The molecule has 0 saturated heterocycles. The van der Waals surface area contributed by atoms with Crippen molar-refractivity contribution in [3.63, 3.8) is 0 Å². The summed E-state index contributed by atoms with van der Waals surface area (Å²) in [5, 5.41) is 0.599. The minimum Gasteiger partial charge on any atom is -0.466 e. The monoisotopic (exact) mass is 282 g/mol. The van der Waals surface area contributed by atoms with Crippen molar-refractivity contribution in [2.75, 3.05) is 12.4 Å². The number of esters is 1. The van der Waals surface area contributed by atoms with Gasteiger partial charge in [0.05, 0.1) is 18.8 Å². The molecular weight excluding hydrogens is 264 g/mol. The minimum atomic E-state index is -0.330. The van der Waals surface area contributed by atoms with Crippen molar-refractivity contribution >= 4 is 23.5 Å². The molecule has 0 fully saturated rings. The second kappa shape index (κ2) is 7.89. The van der Waals surface area contributed by atoms with Gasteiger partial charge in [-0.3, -0.25) is 9.59 Å². The third-order valence-corrected chi connectivity index (χ3v) is 3.14. The van der Waals surface area contributed by atoms with Gasteiger partial charge >= 0.3 is 5.97 Å². The van der Waals surface area contributed by atoms with Gasteiger partial charge in [0, 0.05) is 17.8 Å². The summed E-state index contributed by atoms with van der Waals surface area (Å²) in [6.07, 6.45) is 0.345. The summed E-state index contributed by atoms with van der Waals surface area (Å²) in [6.45, 7) is 5.87. The maximum atomic E-state index is 11.6. The summed E-state index contributed by atoms with van der Waals surface area (Å²) in [5.74, 6) is -0.0493. The molecular formula is C13H18N2O3S. The lowest BCUT2D eigenvalue weighted by atomic mass is 10.2. The normalized spacial score (nSPS) is 10.3. The van der Waals surface area contributed by atoms with Gasteiger partial charge in [-0.05, 0) is 26.8 Å². The molecule has 1 aromatic heterocycles. The molecule has 1 rings (SSSR count). The van der Waals surface area contributed by atoms with Crippen LogP contribution >= 0.6 is 11.8 Å². The van der Waals surface area contributed by atoms with Crippen LogP contribution in [0.3, 0.4) is 0 Å². The SMILES string of the molecule is CCOC(=O)CCC(=O)CSc1nc(C)cc(C)n1. The number of aryl methyl sites for hydroxylation is 2. The predicted octanol–water partition coefficient (Wildman–Crippen LogP) is 2.10. The average Bonchev–Trinajstić information content (AvgIpc) is 2.33. The number of aromatic nitrogens is 2. The van der Waals surface area contributed by atoms with Gasteiger partial charge in [0.15, 0.2) is 5.16 Å². The zero-order valence-electron chi connectivity index (χ0n) is 11.4. The molecule has 0 amide bonds. The fraction of sp³-hybridized carbons (Fsp3) is 0.538. The van der Waals surface area contributed by atoms with Gasteiger partial charge in [-0.25, -0.2) is 9.97 Å². The fourth-order valence-corrected chi connectivity index (χ4v) is 2.30. The number of hydrogen-bond acceptors (Lipinski definition) is 6. The van der Waals surface area contributed by atoms with Crippen molar-refractivity contribution in [2.24, 2.45) is 0 Å². The molecule has 1 heterocycles. The Morgan fingerprint density at radius 1 is 1.21 bits per heavy atom. The van der Waals surface area contributed by atoms with Crippen LogP contribution in [0, 0.1) is 13.8 Å². The number of Topliss-reactive ketones (excluding diaryl/α,β-unsaturated/α-hetero) is 1. The molecule has 0 aliphatic carbocycles. The standard InChI is InChI=1S/C13H18N2O3S/c1-4-18-12(17)6-5-11(16)8-19-13-14-9(2)7-10(3)15-13/h7H,4-6,8H2,1-3H3. The number of hydrogen-bond donors (Lipinski definition) is 0. The first-order valence-electron chi connectivity index (χ1n) is 6.13. The van der Waals surface area contributed by atoms with Crippen LogP contribution in [0.15, 0.2) is 11.2 Å². The van der Waals surface area contributed by atoms with Crippen LogP contribution in [0.25, 0.3) is 0 Å². The molecule has 19 heavy (non-hydrogen) atoms. The topological polar surface area (TPSA) is 69.2 Å². The molecule has 0 bridgehead atoms. The van der Waals surface area contributed by atoms with Crippen molar-refractivity contribution in [2.45, 2.75) is 38.8 Å². The lowest BCUT2D eigenvalue weighted by Crippen LogP contribution is -2.09. The van der Waals surface area contributed by atoms with Gasteiger partial charge in [-0.2, -0.15) is 0 Å². The Bertz CT molecular complexity index is 443. The van der Waals surface area contributed by atoms with E-state index >= 15 is 0 Å². The van der Waals surface area contributed by atoms with Gasteiger partial charge in [-0.1, -0.05) is 11.8 Å². The number of thioether (sulfide) groups is 1. The molecule has 0 radical (unpaired) electrons. The molecule has 0 aliphatic rings. The van der Waals surface area contributed by atoms with Crippen LogP contribution < -0.4 is 0 Å². The van der Waals surface area contributed by atoms with E-state index in [0.29, 0.717) is 11.8 Å². The van der Waals surface area contributed by atoms with E-state index in [2.05, 4.69) is 9.97 Å². The van der Waals surface area contributed by atoms with E-state index in [1.165, 1.54) is 11.8 Å². The Labute approximate surface area is 117 Å². The van der Waals surface area contributed by atoms with Crippen molar-refractivity contribution in [1.29, 1.82) is 0 Å². The van der Waals surface area contributed by atoms with E-state index in [9.17, 15) is 9.59 Å². The second-order valence-corrected chi connectivity index (χ2v) is 5.01. The van der Waals surface area contributed by atoms with Gasteiger partial charge in [0.1, 0.15) is 5.78 Å². The Kier molecular flexibility index (Phi) is 6.49. The van der Waals surface area contributed by atoms with Crippen molar-refractivity contribution < 1.29 is 14.3 Å². The van der Waals surface area contributed by atoms with E-state index in [-0.39, 0.29) is 30.3 Å². The number of rotatable bonds is 7. The first-order chi connectivity index (χ1) is 9.01. The molecule has 6 heteroatoms. The van der Waals surface area contributed by atoms with E-state index in [1.54, 1.807) is 6.92 Å². The third-order valence-electron chi connectivity index (χ3n) is 2.24. The summed E-state index contributed by atoms with van der Waals surface area (Å²) in [7, 11) is 0. The van der Waals surface area contributed by atoms with E-state index in [1.807, 2.05) is 19.9 Å². The van der Waals surface area contributed by atoms with Crippen LogP contribution in [0.4, 0.5) is 0 Å². The van der Waals surface area contributed by atoms with Crippen LogP contribution in [0.2, 0.25) is 0 Å². The van der Waals surface area contributed by atoms with Crippen LogP contribution in [0.5, 0.6) is 0 Å². The number of ketones is 1. The lowest BCUT2D eigenvalue weighted by Gasteiger charge is -2.03. The highest BCUT2D eigenvalue weighted by molar-refractivity contribution is 7.99. The maximum absolute atomic E-state index is 11.6. The smallest absolute Gasteiger partial charge is 0.306 e. The number of carbonyl (C=O) groups is 2. The van der Waals surface area contributed by atoms with Gasteiger partial charge in [0.2, 0.25) is 0 Å². The highest BCUT2D eigenvalue weighted by atomic mass is 32.2. The van der Waals surface area contributed by atoms with Crippen molar-refractivity contribution in [3.05, 3.63) is 17.5 Å². The number of ether oxygens (including phenoxy) is 1. The first-order valence-corrected chi connectivity index (χ1v) is 7.12. The first kappa shape index (κ1) is 15.6. The lowest BCUT2D eigenvalue weighted by molar-refractivity contribution is -0.144. The van der Waals surface area contributed by atoms with Crippen LogP contribution in [-0.4, -0.2) is 34.1 Å². The van der Waals surface area contributed by atoms with Gasteiger partial charge in [0.25, 0.3) is 0 Å². The number of nitrogens with zero attached hydrogens (tertiary/aromatic N) is 2. The molecule has 0 atom stereocenters. The molecule has 0 unspecified atom stereocenters. The molecule has 0 aromatic carbocycles. The number of carbonyl (C=O) groups excluding carboxylic acids is 2. The Hall–Kier alpha value is -1.43. The highest BCUT2D eigenvalue weighted by Gasteiger charge is 2.09. The third kappa shape index (κ3) is 6.33. The average molecular weight is 282 g/mol. The molecule has 0 N–H and O–H groups in total. The molecule has 1 aromatic rings. The zero-order valence-corrected chi connectivity index (χ0v) is 12.2. The quantitative estimate of drug-likeness (QED) is 0.433. The van der Waals surface area contributed by atoms with E-state index in [4.69, 9.17) is 4.74 Å². The second-order valence-electron chi connectivity index (χ2n) is 4.07. The molecule has 0 spiro atoms. The zero-order chi connectivity index (χ0) is 14.3. The summed E-state index contributed by atoms with van der Waals surface area (Å²) in [4.78, 5) is 31.2. The predicted molar refractivity (Wildman–Crippen MR) is 73.1 cm³/mol. The maximum Gasteiger partial charge on any atom is 0.306 e. The molecule has 5 nitrogen and oxygen atoms in total. The molecule has 0 aliphatic heterocycles. The Morgan fingerprint density at radius 2 is 1.84 bits per heavy atom. The summed E-state index contributed by atoms with van der Waals surface area (Å²) < 4.78 is 4.76. The highest BCUT2D eigenvalue weighted by Crippen LogP contribution is 2.15. The minimum absolute atomic E-state index is 0.000752. The fourth-order valence-electron chi connectivity index (χ4n) is 1.45. The van der Waals surface area contributed by atoms with Gasteiger partial charge in [-0.15, -0.1) is 0 Å². The van der Waals surface area contributed by atoms with Gasteiger partial charge < -0.3 is 4.74 Å². The summed E-state index contributed by atoms with van der Waals surface area (Å²) in [5.41, 5.74) is 1.77. The molecule has 0 saturated carbocycles. The van der Waals surface area contributed by atoms with Crippen molar-refractivity contribution in [1.82, 2.24) is 9.97 Å². The van der Waals surface area contributed by atoms with E-state index in [0.717, 1.165) is 11.4 Å². The Morgan fingerprint density at radius 3 is 2.42 bits per heavy atom. The molecule has 104 valence electrons. The summed E-state index contributed by atoms with van der Waals surface area (Å²) in [6, 6.07) is 1.88.